The smallest absolute Gasteiger partial charge is 0.325 e. The van der Waals surface area contributed by atoms with Crippen molar-refractivity contribution in [3.63, 3.8) is 0 Å². The Morgan fingerprint density at radius 3 is 2.36 bits per heavy atom. The Bertz CT molecular complexity index is 600. The Kier molecular flexibility index (Phi) is 6.67. The van der Waals surface area contributed by atoms with Gasteiger partial charge in [0, 0.05) is 5.02 Å². The molecule has 1 saturated heterocycles. The first-order valence-corrected chi connectivity index (χ1v) is 9.00. The molecule has 25 heavy (non-hydrogen) atoms. The fraction of sp³-hybridized carbons (Fsp3) is 0.556. The van der Waals surface area contributed by atoms with E-state index >= 15 is 0 Å². The van der Waals surface area contributed by atoms with E-state index in [0.717, 1.165) is 17.7 Å². The van der Waals surface area contributed by atoms with Gasteiger partial charge in [0.2, 0.25) is 0 Å². The molecular formula is C18H25ClN2O4. The number of aliphatic hydroxyl groups is 1. The van der Waals surface area contributed by atoms with Gasteiger partial charge >= 0.3 is 6.03 Å². The van der Waals surface area contributed by atoms with Crippen LogP contribution >= 0.6 is 11.6 Å². The molecule has 6 nitrogen and oxygen atoms in total. The highest BCUT2D eigenvalue weighted by molar-refractivity contribution is 6.30. The van der Waals surface area contributed by atoms with Crippen LogP contribution in [0.4, 0.5) is 4.79 Å². The lowest BCUT2D eigenvalue weighted by molar-refractivity contribution is -0.133. The minimum absolute atomic E-state index is 0.0206. The summed E-state index contributed by atoms with van der Waals surface area (Å²) in [4.78, 5) is 26.1. The maximum atomic E-state index is 12.7. The Hall–Kier alpha value is -1.79. The van der Waals surface area contributed by atoms with E-state index in [1.165, 1.54) is 0 Å². The topological polar surface area (TPSA) is 78.9 Å². The maximum absolute atomic E-state index is 12.7. The van der Waals surface area contributed by atoms with Crippen molar-refractivity contribution in [2.24, 2.45) is 0 Å². The Labute approximate surface area is 153 Å². The number of rotatable bonds is 9. The third kappa shape index (κ3) is 4.64. The van der Waals surface area contributed by atoms with Gasteiger partial charge in [0.05, 0.1) is 6.54 Å². The van der Waals surface area contributed by atoms with Gasteiger partial charge in [-0.05, 0) is 37.1 Å². The van der Waals surface area contributed by atoms with E-state index in [1.807, 2.05) is 13.8 Å². The zero-order valence-corrected chi connectivity index (χ0v) is 15.4. The summed E-state index contributed by atoms with van der Waals surface area (Å²) < 4.78 is 5.47. The second-order valence-corrected chi connectivity index (χ2v) is 6.78. The molecule has 7 heteroatoms. The van der Waals surface area contributed by atoms with E-state index in [0.29, 0.717) is 23.6 Å². The summed E-state index contributed by atoms with van der Waals surface area (Å²) in [5.74, 6) is 0.304. The van der Waals surface area contributed by atoms with Crippen LogP contribution < -0.4 is 10.1 Å². The molecule has 1 aliphatic rings. The maximum Gasteiger partial charge on any atom is 0.325 e. The van der Waals surface area contributed by atoms with Crippen molar-refractivity contribution in [3.8, 4) is 5.75 Å². The van der Waals surface area contributed by atoms with Crippen LogP contribution in [0, 0.1) is 0 Å². The van der Waals surface area contributed by atoms with Crippen LogP contribution in [-0.4, -0.2) is 46.7 Å². The van der Waals surface area contributed by atoms with Crippen molar-refractivity contribution in [2.45, 2.75) is 51.2 Å². The van der Waals surface area contributed by atoms with Crippen LogP contribution in [0.1, 0.15) is 39.5 Å². The van der Waals surface area contributed by atoms with Gasteiger partial charge in [-0.2, -0.15) is 0 Å². The molecule has 1 heterocycles. The number of nitrogens with one attached hydrogen (secondary N) is 1. The van der Waals surface area contributed by atoms with Crippen LogP contribution in [0.5, 0.6) is 5.75 Å². The van der Waals surface area contributed by atoms with E-state index in [2.05, 4.69) is 5.32 Å². The molecule has 138 valence electrons. The van der Waals surface area contributed by atoms with Gasteiger partial charge in [-0.15, -0.1) is 0 Å². The molecule has 1 aromatic carbocycles. The molecule has 1 fully saturated rings. The van der Waals surface area contributed by atoms with Crippen molar-refractivity contribution in [1.29, 1.82) is 0 Å². The SMILES string of the molecule is CCCC1(CCC)NC(=O)N(CC(O)COc2ccc(Cl)cc2)C1=O. The van der Waals surface area contributed by atoms with Crippen LogP contribution in [0.25, 0.3) is 0 Å². The molecule has 2 rings (SSSR count). The average molecular weight is 369 g/mol. The van der Waals surface area contributed by atoms with Crippen LogP contribution in [0.2, 0.25) is 5.02 Å². The number of ether oxygens (including phenoxy) is 1. The molecule has 1 aromatic rings. The first kappa shape index (κ1) is 19.5. The number of nitrogens with zero attached hydrogens (tertiary/aromatic N) is 1. The molecule has 0 aliphatic carbocycles. The van der Waals surface area contributed by atoms with Crippen LogP contribution in [-0.2, 0) is 4.79 Å². The van der Waals surface area contributed by atoms with E-state index in [1.54, 1.807) is 24.3 Å². The number of imide groups is 1. The number of carbonyl (C=O) groups excluding carboxylic acids is 2. The summed E-state index contributed by atoms with van der Waals surface area (Å²) in [6, 6.07) is 6.30. The predicted octanol–water partition coefficient (Wildman–Crippen LogP) is 2.97. The number of hydrogen-bond acceptors (Lipinski definition) is 4. The molecule has 1 unspecified atom stereocenters. The highest BCUT2D eigenvalue weighted by Gasteiger charge is 2.50. The number of halogens is 1. The standard InChI is InChI=1S/C18H25ClN2O4/c1-3-9-18(10-4-2)16(23)21(17(24)20-18)11-14(22)12-25-15-7-5-13(19)6-8-15/h5-8,14,22H,3-4,9-12H2,1-2H3,(H,20,24). The van der Waals surface area contributed by atoms with Gasteiger partial charge in [-0.3, -0.25) is 9.69 Å². The molecule has 0 saturated carbocycles. The minimum atomic E-state index is -0.968. The third-order valence-electron chi connectivity index (χ3n) is 4.25. The van der Waals surface area contributed by atoms with Gasteiger partial charge in [0.15, 0.2) is 0 Å². The number of β-amino-alcohol motifs (C(OH)–C–C–N with tert-alkyl or cyclic N) is 1. The normalized spacial score (nSPS) is 17.5. The number of benzene rings is 1. The Balaban J connectivity index is 1.95. The van der Waals surface area contributed by atoms with Gasteiger partial charge in [-0.25, -0.2) is 4.79 Å². The van der Waals surface area contributed by atoms with Gasteiger partial charge in [0.25, 0.3) is 5.91 Å². The summed E-state index contributed by atoms with van der Waals surface area (Å²) in [5, 5.41) is 13.6. The molecular weight excluding hydrogens is 344 g/mol. The summed E-state index contributed by atoms with van der Waals surface area (Å²) in [6.45, 7) is 3.85. The highest BCUT2D eigenvalue weighted by atomic mass is 35.5. The first-order chi connectivity index (χ1) is 11.9. The molecule has 0 bridgehead atoms. The van der Waals surface area contributed by atoms with Gasteiger partial charge in [-0.1, -0.05) is 38.3 Å². The molecule has 0 aromatic heterocycles. The third-order valence-corrected chi connectivity index (χ3v) is 4.50. The second kappa shape index (κ2) is 8.54. The summed E-state index contributed by atoms with van der Waals surface area (Å²) in [5.41, 5.74) is -0.836. The fourth-order valence-corrected chi connectivity index (χ4v) is 3.27. The number of amides is 3. The molecule has 1 aliphatic heterocycles. The van der Waals surface area contributed by atoms with Gasteiger partial charge in [0.1, 0.15) is 24.0 Å². The van der Waals surface area contributed by atoms with Crippen molar-refractivity contribution in [2.75, 3.05) is 13.2 Å². The highest BCUT2D eigenvalue weighted by Crippen LogP contribution is 2.28. The lowest BCUT2D eigenvalue weighted by atomic mass is 9.88. The molecule has 2 N–H and O–H groups in total. The molecule has 1 atom stereocenters. The van der Waals surface area contributed by atoms with Crippen LogP contribution in [0.15, 0.2) is 24.3 Å². The summed E-state index contributed by atoms with van der Waals surface area (Å²) >= 11 is 5.80. The number of aliphatic hydroxyl groups excluding tert-OH is 1. The van der Waals surface area contributed by atoms with E-state index in [9.17, 15) is 14.7 Å². The van der Waals surface area contributed by atoms with Gasteiger partial charge < -0.3 is 15.2 Å². The quantitative estimate of drug-likeness (QED) is 0.657. The first-order valence-electron chi connectivity index (χ1n) is 8.62. The second-order valence-electron chi connectivity index (χ2n) is 6.35. The summed E-state index contributed by atoms with van der Waals surface area (Å²) in [6.07, 6.45) is 1.81. The predicted molar refractivity (Wildman–Crippen MR) is 95.7 cm³/mol. The van der Waals surface area contributed by atoms with Crippen LogP contribution in [0.3, 0.4) is 0 Å². The molecule has 0 spiro atoms. The Morgan fingerprint density at radius 2 is 1.80 bits per heavy atom. The summed E-state index contributed by atoms with van der Waals surface area (Å²) in [7, 11) is 0. The lowest BCUT2D eigenvalue weighted by Crippen LogP contribution is -2.47. The zero-order valence-electron chi connectivity index (χ0n) is 14.6. The number of hydrogen-bond donors (Lipinski definition) is 2. The minimum Gasteiger partial charge on any atom is -0.491 e. The van der Waals surface area contributed by atoms with Crippen molar-refractivity contribution in [3.05, 3.63) is 29.3 Å². The molecule has 0 radical (unpaired) electrons. The average Bonchev–Trinajstić information content (AvgIpc) is 2.79. The monoisotopic (exact) mass is 368 g/mol. The molecule has 3 amide bonds. The van der Waals surface area contributed by atoms with Crippen molar-refractivity contribution < 1.29 is 19.4 Å². The number of carbonyl (C=O) groups is 2. The fourth-order valence-electron chi connectivity index (χ4n) is 3.15. The largest absolute Gasteiger partial charge is 0.491 e. The lowest BCUT2D eigenvalue weighted by Gasteiger charge is -2.26. The van der Waals surface area contributed by atoms with E-state index in [4.69, 9.17) is 16.3 Å². The van der Waals surface area contributed by atoms with Crippen molar-refractivity contribution in [1.82, 2.24) is 10.2 Å². The number of urea groups is 1. The van der Waals surface area contributed by atoms with E-state index < -0.39 is 17.7 Å². The zero-order chi connectivity index (χ0) is 18.4. The van der Waals surface area contributed by atoms with E-state index in [-0.39, 0.29) is 19.1 Å². The van der Waals surface area contributed by atoms with Crippen molar-refractivity contribution >= 4 is 23.5 Å². The Morgan fingerprint density at radius 1 is 1.20 bits per heavy atom.